The molecule has 3 aromatic rings. The summed E-state index contributed by atoms with van der Waals surface area (Å²) in [4.78, 5) is 26.3. The topological polar surface area (TPSA) is 94.3 Å². The second-order valence-electron chi connectivity index (χ2n) is 6.87. The lowest BCUT2D eigenvalue weighted by Crippen LogP contribution is -2.33. The minimum absolute atomic E-state index is 0.0969. The number of halogens is 1. The number of nitrogens with zero attached hydrogens (tertiary/aromatic N) is 4. The molecule has 0 aliphatic rings. The fourth-order valence-electron chi connectivity index (χ4n) is 3.36. The van der Waals surface area contributed by atoms with E-state index in [9.17, 15) is 19.8 Å². The molecule has 0 radical (unpaired) electrons. The number of rotatable bonds is 3. The third kappa shape index (κ3) is 3.30. The number of aromatic hydroxyl groups is 2. The molecule has 0 unspecified atom stereocenters. The molecule has 3 rings (SSSR count). The molecule has 0 aliphatic heterocycles. The van der Waals surface area contributed by atoms with Crippen molar-refractivity contribution in [1.82, 2.24) is 18.3 Å². The SMILES string of the molecule is Cn1c(O)c(C(c2ccc(Cl)cc2)c2c(O)n(C)c(=S)n(C)c2=O)c(=O)n(C)c1=S. The average molecular weight is 467 g/mol. The summed E-state index contributed by atoms with van der Waals surface area (Å²) in [6.45, 7) is 0. The van der Waals surface area contributed by atoms with E-state index < -0.39 is 28.8 Å². The largest absolute Gasteiger partial charge is 0.494 e. The summed E-state index contributed by atoms with van der Waals surface area (Å²) in [5, 5.41) is 22.1. The molecule has 0 fully saturated rings. The van der Waals surface area contributed by atoms with Gasteiger partial charge in [0.1, 0.15) is 0 Å². The Morgan fingerprint density at radius 1 is 0.767 bits per heavy atom. The lowest BCUT2D eigenvalue weighted by molar-refractivity contribution is 0.395. The van der Waals surface area contributed by atoms with Gasteiger partial charge in [-0.2, -0.15) is 0 Å². The summed E-state index contributed by atoms with van der Waals surface area (Å²) >= 11 is 16.4. The quantitative estimate of drug-likeness (QED) is 0.576. The Morgan fingerprint density at radius 2 is 1.13 bits per heavy atom. The first-order valence-electron chi connectivity index (χ1n) is 8.72. The van der Waals surface area contributed by atoms with E-state index in [0.29, 0.717) is 10.6 Å². The van der Waals surface area contributed by atoms with Gasteiger partial charge in [0.25, 0.3) is 11.1 Å². The third-order valence-corrected chi connectivity index (χ3v) is 6.46. The van der Waals surface area contributed by atoms with Gasteiger partial charge in [0.2, 0.25) is 11.8 Å². The summed E-state index contributed by atoms with van der Waals surface area (Å²) in [6.07, 6.45) is 0. The van der Waals surface area contributed by atoms with Crippen molar-refractivity contribution in [3.8, 4) is 11.8 Å². The van der Waals surface area contributed by atoms with Crippen LogP contribution in [0.5, 0.6) is 11.8 Å². The van der Waals surface area contributed by atoms with E-state index in [1.165, 1.54) is 46.5 Å². The fraction of sp³-hybridized carbons (Fsp3) is 0.263. The van der Waals surface area contributed by atoms with Crippen LogP contribution in [0, 0.1) is 9.54 Å². The van der Waals surface area contributed by atoms with Crippen LogP contribution in [0.25, 0.3) is 0 Å². The lowest BCUT2D eigenvalue weighted by atomic mass is 9.86. The highest BCUT2D eigenvalue weighted by atomic mass is 35.5. The van der Waals surface area contributed by atoms with Crippen LogP contribution in [-0.4, -0.2) is 28.5 Å². The van der Waals surface area contributed by atoms with Crippen molar-refractivity contribution >= 4 is 36.0 Å². The first-order chi connectivity index (χ1) is 14.0. The monoisotopic (exact) mass is 466 g/mol. The minimum atomic E-state index is -1.11. The minimum Gasteiger partial charge on any atom is -0.494 e. The second kappa shape index (κ2) is 7.86. The predicted octanol–water partition coefficient (Wildman–Crippen LogP) is 2.46. The van der Waals surface area contributed by atoms with E-state index in [1.807, 2.05) is 0 Å². The smallest absolute Gasteiger partial charge is 0.262 e. The van der Waals surface area contributed by atoms with Crippen LogP contribution >= 0.6 is 36.0 Å². The van der Waals surface area contributed by atoms with Crippen molar-refractivity contribution < 1.29 is 10.2 Å². The van der Waals surface area contributed by atoms with Crippen molar-refractivity contribution in [1.29, 1.82) is 0 Å². The van der Waals surface area contributed by atoms with E-state index in [0.717, 1.165) is 0 Å². The van der Waals surface area contributed by atoms with E-state index in [1.54, 1.807) is 24.3 Å². The van der Waals surface area contributed by atoms with Crippen LogP contribution in [0.3, 0.4) is 0 Å². The molecular formula is C19H19ClN4O4S2. The van der Waals surface area contributed by atoms with Gasteiger partial charge >= 0.3 is 0 Å². The van der Waals surface area contributed by atoms with Crippen LogP contribution in [0.1, 0.15) is 22.6 Å². The number of hydrogen-bond acceptors (Lipinski definition) is 6. The molecule has 11 heteroatoms. The van der Waals surface area contributed by atoms with Crippen molar-refractivity contribution in [2.45, 2.75) is 5.92 Å². The molecule has 0 aliphatic carbocycles. The van der Waals surface area contributed by atoms with Crippen molar-refractivity contribution in [2.75, 3.05) is 0 Å². The van der Waals surface area contributed by atoms with Crippen molar-refractivity contribution in [3.63, 3.8) is 0 Å². The highest BCUT2D eigenvalue weighted by molar-refractivity contribution is 7.71. The Bertz CT molecular complexity index is 1320. The summed E-state index contributed by atoms with van der Waals surface area (Å²) in [7, 11) is 5.95. The molecular weight excluding hydrogens is 448 g/mol. The van der Waals surface area contributed by atoms with Gasteiger partial charge in [-0.05, 0) is 42.1 Å². The Morgan fingerprint density at radius 3 is 1.50 bits per heavy atom. The van der Waals surface area contributed by atoms with Gasteiger partial charge in [-0.1, -0.05) is 23.7 Å². The Hall–Kier alpha value is -2.69. The molecule has 158 valence electrons. The Kier molecular flexibility index (Phi) is 5.76. The zero-order chi connectivity index (χ0) is 22.5. The van der Waals surface area contributed by atoms with E-state index in [-0.39, 0.29) is 20.7 Å². The van der Waals surface area contributed by atoms with Gasteiger partial charge in [-0.15, -0.1) is 0 Å². The van der Waals surface area contributed by atoms with Crippen LogP contribution in [0.15, 0.2) is 33.9 Å². The standard InChI is InChI=1S/C19H19ClN4O4S2/c1-21-14(25)12(15(26)22(2)18(21)29)11(9-5-7-10(20)8-6-9)13-16(27)23(3)19(30)24(4)17(13)28/h5-8,11,25,27H,1-4H3. The molecule has 0 saturated carbocycles. The van der Waals surface area contributed by atoms with Crippen molar-refractivity contribution in [2.24, 2.45) is 28.2 Å². The third-order valence-electron chi connectivity index (χ3n) is 5.12. The van der Waals surface area contributed by atoms with E-state index in [4.69, 9.17) is 36.0 Å². The summed E-state index contributed by atoms with van der Waals surface area (Å²) in [5.41, 5.74) is -0.946. The van der Waals surface area contributed by atoms with Crippen LogP contribution in [0.2, 0.25) is 5.02 Å². The number of benzene rings is 1. The molecule has 0 saturated heterocycles. The van der Waals surface area contributed by atoms with Gasteiger partial charge in [0, 0.05) is 33.2 Å². The van der Waals surface area contributed by atoms with Gasteiger partial charge in [0.15, 0.2) is 9.54 Å². The van der Waals surface area contributed by atoms with Gasteiger partial charge < -0.3 is 10.2 Å². The van der Waals surface area contributed by atoms with Crippen molar-refractivity contribution in [3.05, 3.63) is 76.2 Å². The molecule has 2 heterocycles. The zero-order valence-electron chi connectivity index (χ0n) is 16.6. The highest BCUT2D eigenvalue weighted by Crippen LogP contribution is 2.37. The maximum atomic E-state index is 13.2. The maximum absolute atomic E-state index is 13.2. The predicted molar refractivity (Wildman–Crippen MR) is 119 cm³/mol. The summed E-state index contributed by atoms with van der Waals surface area (Å²) < 4.78 is 5.10. The first-order valence-corrected chi connectivity index (χ1v) is 9.91. The van der Waals surface area contributed by atoms with Gasteiger partial charge in [-0.3, -0.25) is 27.9 Å². The Balaban J connectivity index is 2.57. The van der Waals surface area contributed by atoms with Crippen LogP contribution in [-0.2, 0) is 28.2 Å². The van der Waals surface area contributed by atoms with Crippen LogP contribution in [0.4, 0.5) is 0 Å². The normalized spacial score (nSPS) is 11.3. The summed E-state index contributed by atoms with van der Waals surface area (Å²) in [5.74, 6) is -1.92. The zero-order valence-corrected chi connectivity index (χ0v) is 19.0. The Labute approximate surface area is 186 Å². The fourth-order valence-corrected chi connectivity index (χ4v) is 3.82. The summed E-state index contributed by atoms with van der Waals surface area (Å²) in [6, 6.07) is 6.42. The van der Waals surface area contributed by atoms with Gasteiger partial charge in [0.05, 0.1) is 17.0 Å². The molecule has 0 spiro atoms. The van der Waals surface area contributed by atoms with Gasteiger partial charge in [-0.25, -0.2) is 0 Å². The molecule has 0 atom stereocenters. The molecule has 2 N–H and O–H groups in total. The maximum Gasteiger partial charge on any atom is 0.262 e. The molecule has 1 aromatic carbocycles. The lowest BCUT2D eigenvalue weighted by Gasteiger charge is -2.23. The van der Waals surface area contributed by atoms with E-state index in [2.05, 4.69) is 0 Å². The number of hydrogen-bond donors (Lipinski definition) is 2. The number of aromatic nitrogens is 4. The molecule has 2 aromatic heterocycles. The molecule has 30 heavy (non-hydrogen) atoms. The molecule has 0 amide bonds. The first kappa shape index (κ1) is 22.0. The van der Waals surface area contributed by atoms with Crippen LogP contribution < -0.4 is 11.1 Å². The van der Waals surface area contributed by atoms with E-state index >= 15 is 0 Å². The average Bonchev–Trinajstić information content (AvgIpc) is 2.73. The highest BCUT2D eigenvalue weighted by Gasteiger charge is 2.32. The molecule has 0 bridgehead atoms. The molecule has 8 nitrogen and oxygen atoms in total. The second-order valence-corrected chi connectivity index (χ2v) is 8.04.